The Hall–Kier alpha value is -1.71. The maximum absolute atomic E-state index is 10.8. The average Bonchev–Trinajstić information content (AvgIpc) is 2.13. The molecule has 0 radical (unpaired) electrons. The first-order valence-corrected chi connectivity index (χ1v) is 3.70. The lowest BCUT2D eigenvalue weighted by atomic mass is 10.2. The number of carbonyl (C=O) groups excluding carboxylic acids is 1. The molecule has 3 N–H and O–H groups in total. The molecule has 0 saturated heterocycles. The molecular weight excluding hydrogens is 170 g/mol. The predicted molar refractivity (Wildman–Crippen MR) is 50.3 cm³/mol. The van der Waals surface area contributed by atoms with E-state index in [0.29, 0.717) is 11.8 Å². The van der Waals surface area contributed by atoms with Crippen molar-refractivity contribution in [3.05, 3.63) is 36.3 Å². The summed E-state index contributed by atoms with van der Waals surface area (Å²) >= 11 is 0. The van der Waals surface area contributed by atoms with E-state index in [4.69, 9.17) is 10.2 Å². The summed E-state index contributed by atoms with van der Waals surface area (Å²) in [5.41, 5.74) is 0.549. The van der Waals surface area contributed by atoms with Crippen LogP contribution in [0.1, 0.15) is 6.42 Å². The highest BCUT2D eigenvalue weighted by Crippen LogP contribution is 2.01. The second-order valence-corrected chi connectivity index (χ2v) is 2.40. The Balaban J connectivity index is 4.02. The van der Waals surface area contributed by atoms with Crippen molar-refractivity contribution in [2.45, 2.75) is 6.42 Å². The molecule has 0 spiro atoms. The summed E-state index contributed by atoms with van der Waals surface area (Å²) in [5.74, 6) is -0.430. The van der Waals surface area contributed by atoms with E-state index in [1.165, 1.54) is 19.2 Å². The highest BCUT2D eigenvalue weighted by Gasteiger charge is 1.97. The van der Waals surface area contributed by atoms with Crippen LogP contribution in [-0.2, 0) is 4.79 Å². The normalized spacial score (nSPS) is 11.6. The fraction of sp³-hybridized carbons (Fsp3) is 0.222. The topological polar surface area (TPSA) is 69.6 Å². The van der Waals surface area contributed by atoms with Gasteiger partial charge >= 0.3 is 0 Å². The van der Waals surface area contributed by atoms with E-state index in [9.17, 15) is 4.79 Å². The Labute approximate surface area is 76.9 Å². The lowest BCUT2D eigenvalue weighted by Gasteiger charge is -1.97. The molecule has 0 aromatic carbocycles. The van der Waals surface area contributed by atoms with Crippen LogP contribution < -0.4 is 5.32 Å². The van der Waals surface area contributed by atoms with Gasteiger partial charge in [-0.05, 0) is 11.6 Å². The third kappa shape index (κ3) is 5.55. The summed E-state index contributed by atoms with van der Waals surface area (Å²) in [4.78, 5) is 10.8. The van der Waals surface area contributed by atoms with Crippen LogP contribution in [0.15, 0.2) is 36.3 Å². The highest BCUT2D eigenvalue weighted by molar-refractivity contribution is 5.78. The van der Waals surface area contributed by atoms with Crippen LogP contribution in [0.5, 0.6) is 0 Å². The molecule has 0 heterocycles. The quantitative estimate of drug-likeness (QED) is 0.453. The Morgan fingerprint density at radius 1 is 1.54 bits per heavy atom. The molecule has 0 aliphatic carbocycles. The average molecular weight is 183 g/mol. The van der Waals surface area contributed by atoms with E-state index < -0.39 is 0 Å². The molecule has 0 saturated carbocycles. The van der Waals surface area contributed by atoms with Crippen LogP contribution in [0.3, 0.4) is 0 Å². The van der Waals surface area contributed by atoms with Crippen LogP contribution in [0.25, 0.3) is 0 Å². The second kappa shape index (κ2) is 5.88. The number of hydrogen-bond donors (Lipinski definition) is 3. The molecule has 0 aromatic rings. The van der Waals surface area contributed by atoms with Crippen LogP contribution in [0, 0.1) is 0 Å². The molecule has 0 fully saturated rings. The van der Waals surface area contributed by atoms with Gasteiger partial charge in [-0.15, -0.1) is 0 Å². The van der Waals surface area contributed by atoms with Gasteiger partial charge in [-0.25, -0.2) is 0 Å². The summed E-state index contributed by atoms with van der Waals surface area (Å²) in [6.45, 7) is 3.58. The molecule has 0 rings (SSSR count). The Morgan fingerprint density at radius 2 is 2.15 bits per heavy atom. The fourth-order valence-corrected chi connectivity index (χ4v) is 0.600. The predicted octanol–water partition coefficient (Wildman–Crippen LogP) is 1.19. The van der Waals surface area contributed by atoms with Crippen LogP contribution >= 0.6 is 0 Å². The zero-order valence-electron chi connectivity index (χ0n) is 7.45. The van der Waals surface area contributed by atoms with Gasteiger partial charge in [0.15, 0.2) is 0 Å². The van der Waals surface area contributed by atoms with Gasteiger partial charge in [0.25, 0.3) is 0 Å². The number of aliphatic hydroxyl groups excluding tert-OH is 2. The zero-order valence-corrected chi connectivity index (χ0v) is 7.45. The van der Waals surface area contributed by atoms with Crippen molar-refractivity contribution in [1.29, 1.82) is 0 Å². The van der Waals surface area contributed by atoms with Gasteiger partial charge in [0, 0.05) is 7.05 Å². The molecule has 72 valence electrons. The largest absolute Gasteiger partial charge is 0.512 e. The summed E-state index contributed by atoms with van der Waals surface area (Å²) in [7, 11) is 1.53. The molecule has 0 aromatic heterocycles. The minimum Gasteiger partial charge on any atom is -0.512 e. The van der Waals surface area contributed by atoms with Crippen LogP contribution in [0.2, 0.25) is 0 Å². The standard InChI is InChI=1S/C9H13NO3/c1-7(5-9(13)10-2)3-4-8(12)6-11/h3-4,6,11-12H,1,5H2,2H3,(H,10,13)/b4-3-,8-6-. The summed E-state index contributed by atoms with van der Waals surface area (Å²) in [5, 5.41) is 19.5. The molecule has 1 amide bonds. The number of allylic oxidation sites excluding steroid dienone is 2. The maximum Gasteiger partial charge on any atom is 0.224 e. The van der Waals surface area contributed by atoms with E-state index in [1.54, 1.807) is 0 Å². The van der Waals surface area contributed by atoms with E-state index >= 15 is 0 Å². The smallest absolute Gasteiger partial charge is 0.224 e. The molecule has 13 heavy (non-hydrogen) atoms. The number of aliphatic hydroxyl groups is 2. The third-order valence-electron chi connectivity index (χ3n) is 1.29. The van der Waals surface area contributed by atoms with Crippen molar-refractivity contribution in [1.82, 2.24) is 5.32 Å². The first kappa shape index (κ1) is 11.3. The Morgan fingerprint density at radius 3 is 2.62 bits per heavy atom. The first-order valence-electron chi connectivity index (χ1n) is 3.70. The molecule has 0 aliphatic heterocycles. The van der Waals surface area contributed by atoms with Gasteiger partial charge < -0.3 is 15.5 Å². The molecule has 0 unspecified atom stereocenters. The molecule has 0 bridgehead atoms. The Kier molecular flexibility index (Phi) is 5.11. The van der Waals surface area contributed by atoms with E-state index in [1.807, 2.05) is 0 Å². The highest BCUT2D eigenvalue weighted by atomic mass is 16.3. The summed E-state index contributed by atoms with van der Waals surface area (Å²) in [6, 6.07) is 0. The van der Waals surface area contributed by atoms with Gasteiger partial charge in [0.05, 0.1) is 6.42 Å². The monoisotopic (exact) mass is 183 g/mol. The fourth-order valence-electron chi connectivity index (χ4n) is 0.600. The number of rotatable bonds is 4. The van der Waals surface area contributed by atoms with E-state index in [-0.39, 0.29) is 18.1 Å². The van der Waals surface area contributed by atoms with Crippen LogP contribution in [0.4, 0.5) is 0 Å². The minimum atomic E-state index is -0.280. The number of nitrogens with one attached hydrogen (secondary N) is 1. The lowest BCUT2D eigenvalue weighted by molar-refractivity contribution is -0.119. The third-order valence-corrected chi connectivity index (χ3v) is 1.29. The number of carbonyl (C=O) groups is 1. The van der Waals surface area contributed by atoms with Gasteiger partial charge in [0.2, 0.25) is 5.91 Å². The van der Waals surface area contributed by atoms with Crippen molar-refractivity contribution in [2.75, 3.05) is 7.05 Å². The van der Waals surface area contributed by atoms with Gasteiger partial charge in [-0.2, -0.15) is 0 Å². The molecule has 4 heteroatoms. The Bertz CT molecular complexity index is 254. The number of hydrogen-bond acceptors (Lipinski definition) is 3. The van der Waals surface area contributed by atoms with Crippen molar-refractivity contribution >= 4 is 5.91 Å². The second-order valence-electron chi connectivity index (χ2n) is 2.40. The van der Waals surface area contributed by atoms with E-state index in [0.717, 1.165) is 0 Å². The molecule has 0 aliphatic rings. The molecule has 0 atom stereocenters. The minimum absolute atomic E-state index is 0.151. The molecule has 4 nitrogen and oxygen atoms in total. The lowest BCUT2D eigenvalue weighted by Crippen LogP contribution is -2.17. The first-order chi connectivity index (χ1) is 6.10. The SMILES string of the molecule is C=C(/C=C\C(O)=C\O)CC(=O)NC. The van der Waals surface area contributed by atoms with Crippen molar-refractivity contribution in [3.8, 4) is 0 Å². The summed E-state index contributed by atoms with van der Waals surface area (Å²) < 4.78 is 0. The van der Waals surface area contributed by atoms with E-state index in [2.05, 4.69) is 11.9 Å². The molecular formula is C9H13NO3. The maximum atomic E-state index is 10.8. The van der Waals surface area contributed by atoms with Gasteiger partial charge in [-0.1, -0.05) is 12.7 Å². The number of amides is 1. The van der Waals surface area contributed by atoms with Gasteiger partial charge in [0.1, 0.15) is 12.0 Å². The van der Waals surface area contributed by atoms with Crippen molar-refractivity contribution in [2.24, 2.45) is 0 Å². The van der Waals surface area contributed by atoms with Crippen molar-refractivity contribution in [3.63, 3.8) is 0 Å². The van der Waals surface area contributed by atoms with Crippen molar-refractivity contribution < 1.29 is 15.0 Å². The van der Waals surface area contributed by atoms with Crippen LogP contribution in [-0.4, -0.2) is 23.2 Å². The summed E-state index contributed by atoms with van der Waals surface area (Å²) in [6.07, 6.45) is 3.44. The zero-order chi connectivity index (χ0) is 10.3. The van der Waals surface area contributed by atoms with Gasteiger partial charge in [-0.3, -0.25) is 4.79 Å².